The van der Waals surface area contributed by atoms with E-state index in [9.17, 15) is 13.2 Å². The Morgan fingerprint density at radius 1 is 1.50 bits per heavy atom. The first-order valence-electron chi connectivity index (χ1n) is 4.01. The van der Waals surface area contributed by atoms with Crippen molar-refractivity contribution in [2.45, 2.75) is 4.90 Å². The second kappa shape index (κ2) is 4.63. The lowest BCUT2D eigenvalue weighted by Crippen LogP contribution is -2.07. The molecule has 0 atom stereocenters. The van der Waals surface area contributed by atoms with Crippen molar-refractivity contribution in [2.75, 3.05) is 5.75 Å². The van der Waals surface area contributed by atoms with E-state index in [0.717, 1.165) is 6.07 Å². The Bertz CT molecular complexity index is 574. The van der Waals surface area contributed by atoms with Crippen LogP contribution in [0.5, 0.6) is 0 Å². The van der Waals surface area contributed by atoms with Gasteiger partial charge in [0.05, 0.1) is 16.5 Å². The fourth-order valence-corrected chi connectivity index (χ4v) is 3.02. The average Bonchev–Trinajstić information content (AvgIpc) is 2.17. The molecule has 0 aromatic heterocycles. The molecule has 0 bridgehead atoms. The van der Waals surface area contributed by atoms with Gasteiger partial charge in [-0.05, 0) is 34.1 Å². The van der Waals surface area contributed by atoms with Gasteiger partial charge < -0.3 is 5.11 Å². The number of nitrogens with zero attached hydrogens (tertiary/aromatic N) is 1. The smallest absolute Gasteiger partial charge is 0.335 e. The summed E-state index contributed by atoms with van der Waals surface area (Å²) in [7, 11) is -3.77. The monoisotopic (exact) mass is 303 g/mol. The highest BCUT2D eigenvalue weighted by Gasteiger charge is 2.19. The fourth-order valence-electron chi connectivity index (χ4n) is 1.04. The summed E-state index contributed by atoms with van der Waals surface area (Å²) >= 11 is 3.00. The van der Waals surface area contributed by atoms with Gasteiger partial charge in [-0.3, -0.25) is 0 Å². The van der Waals surface area contributed by atoms with E-state index < -0.39 is 21.6 Å². The Hall–Kier alpha value is -1.39. The lowest BCUT2D eigenvalue weighted by molar-refractivity contribution is 0.0696. The molecule has 0 unspecified atom stereocenters. The van der Waals surface area contributed by atoms with Gasteiger partial charge in [-0.1, -0.05) is 0 Å². The lowest BCUT2D eigenvalue weighted by Gasteiger charge is -2.04. The second-order valence-electron chi connectivity index (χ2n) is 2.87. The predicted octanol–water partition coefficient (Wildman–Crippen LogP) is 1.44. The number of sulfone groups is 1. The minimum absolute atomic E-state index is 0.139. The number of carbonyl (C=O) groups is 1. The largest absolute Gasteiger partial charge is 0.478 e. The van der Waals surface area contributed by atoms with Gasteiger partial charge in [-0.2, -0.15) is 5.26 Å². The Morgan fingerprint density at radius 2 is 2.12 bits per heavy atom. The van der Waals surface area contributed by atoms with Gasteiger partial charge in [-0.25, -0.2) is 13.2 Å². The van der Waals surface area contributed by atoms with Crippen molar-refractivity contribution in [1.29, 1.82) is 5.26 Å². The van der Waals surface area contributed by atoms with E-state index in [4.69, 9.17) is 10.4 Å². The first-order chi connectivity index (χ1) is 7.38. The van der Waals surface area contributed by atoms with Crippen LogP contribution >= 0.6 is 15.9 Å². The molecule has 1 N–H and O–H groups in total. The zero-order chi connectivity index (χ0) is 12.3. The van der Waals surface area contributed by atoms with E-state index in [1.807, 2.05) is 0 Å². The number of carboxylic acid groups (broad SMARTS) is 1. The third-order valence-corrected chi connectivity index (χ3v) is 4.24. The molecule has 0 heterocycles. The number of nitriles is 1. The molecule has 7 heteroatoms. The normalized spacial score (nSPS) is 10.8. The fraction of sp³-hybridized carbons (Fsp3) is 0.111. The van der Waals surface area contributed by atoms with Gasteiger partial charge in [0.1, 0.15) is 5.75 Å². The molecule has 5 nitrogen and oxygen atoms in total. The minimum atomic E-state index is -3.77. The SMILES string of the molecule is N#CCS(=O)(=O)c1cc(C(=O)O)ccc1Br. The highest BCUT2D eigenvalue weighted by molar-refractivity contribution is 9.10. The minimum Gasteiger partial charge on any atom is -0.478 e. The number of carboxylic acids is 1. The number of benzene rings is 1. The van der Waals surface area contributed by atoms with Gasteiger partial charge in [0, 0.05) is 4.47 Å². The molecular formula is C9H6BrNO4S. The van der Waals surface area contributed by atoms with Gasteiger partial charge in [-0.15, -0.1) is 0 Å². The Labute approximate surface area is 100 Å². The van der Waals surface area contributed by atoms with Crippen LogP contribution in [0.1, 0.15) is 10.4 Å². The molecule has 0 aliphatic carbocycles. The Balaban J connectivity index is 3.40. The summed E-state index contributed by atoms with van der Waals surface area (Å²) in [6, 6.07) is 5.16. The summed E-state index contributed by atoms with van der Waals surface area (Å²) < 4.78 is 23.4. The molecule has 1 aromatic rings. The van der Waals surface area contributed by atoms with Crippen molar-refractivity contribution < 1.29 is 18.3 Å². The van der Waals surface area contributed by atoms with Crippen molar-refractivity contribution in [2.24, 2.45) is 0 Å². The van der Waals surface area contributed by atoms with Crippen LogP contribution in [-0.4, -0.2) is 25.2 Å². The zero-order valence-corrected chi connectivity index (χ0v) is 10.2. The number of halogens is 1. The molecule has 0 fully saturated rings. The molecule has 0 saturated carbocycles. The van der Waals surface area contributed by atoms with Crippen molar-refractivity contribution >= 4 is 31.7 Å². The van der Waals surface area contributed by atoms with Crippen LogP contribution in [0, 0.1) is 11.3 Å². The van der Waals surface area contributed by atoms with Crippen LogP contribution in [0.2, 0.25) is 0 Å². The van der Waals surface area contributed by atoms with Crippen LogP contribution in [0.3, 0.4) is 0 Å². The molecule has 0 aliphatic heterocycles. The number of hydrogen-bond acceptors (Lipinski definition) is 4. The summed E-state index contributed by atoms with van der Waals surface area (Å²) in [6.07, 6.45) is 0. The topological polar surface area (TPSA) is 95.2 Å². The van der Waals surface area contributed by atoms with Crippen molar-refractivity contribution in [3.8, 4) is 6.07 Å². The summed E-state index contributed by atoms with van der Waals surface area (Å²) in [5, 5.41) is 17.1. The summed E-state index contributed by atoms with van der Waals surface area (Å²) in [6.45, 7) is 0. The van der Waals surface area contributed by atoms with Crippen LogP contribution < -0.4 is 0 Å². The van der Waals surface area contributed by atoms with E-state index in [-0.39, 0.29) is 14.9 Å². The molecule has 0 aliphatic rings. The number of aromatic carboxylic acids is 1. The standard InChI is InChI=1S/C9H6BrNO4S/c10-7-2-1-6(9(12)13)5-8(7)16(14,15)4-3-11/h1-2,5H,4H2,(H,12,13). The van der Waals surface area contributed by atoms with Crippen LogP contribution in [-0.2, 0) is 9.84 Å². The van der Waals surface area contributed by atoms with E-state index >= 15 is 0 Å². The molecule has 0 spiro atoms. The number of hydrogen-bond donors (Lipinski definition) is 1. The van der Waals surface area contributed by atoms with Crippen molar-refractivity contribution in [1.82, 2.24) is 0 Å². The molecule has 1 rings (SSSR count). The quantitative estimate of drug-likeness (QED) is 0.911. The maximum Gasteiger partial charge on any atom is 0.335 e. The maximum atomic E-state index is 11.6. The average molecular weight is 304 g/mol. The Morgan fingerprint density at radius 3 is 2.62 bits per heavy atom. The maximum absolute atomic E-state index is 11.6. The van der Waals surface area contributed by atoms with E-state index in [2.05, 4.69) is 15.9 Å². The second-order valence-corrected chi connectivity index (χ2v) is 5.68. The Kier molecular flexibility index (Phi) is 3.67. The van der Waals surface area contributed by atoms with E-state index in [1.165, 1.54) is 18.2 Å². The third kappa shape index (κ3) is 2.59. The summed E-state index contributed by atoms with van der Waals surface area (Å²) in [5.41, 5.74) is -0.139. The van der Waals surface area contributed by atoms with Crippen molar-refractivity contribution in [3.63, 3.8) is 0 Å². The van der Waals surface area contributed by atoms with E-state index in [0.29, 0.717) is 0 Å². The predicted molar refractivity (Wildman–Crippen MR) is 58.8 cm³/mol. The first kappa shape index (κ1) is 12.7. The molecule has 0 radical (unpaired) electrons. The van der Waals surface area contributed by atoms with Gasteiger partial charge in [0.2, 0.25) is 0 Å². The van der Waals surface area contributed by atoms with Gasteiger partial charge in [0.25, 0.3) is 0 Å². The van der Waals surface area contributed by atoms with E-state index in [1.54, 1.807) is 0 Å². The summed E-state index contributed by atoms with van der Waals surface area (Å²) in [5.74, 6) is -1.91. The van der Waals surface area contributed by atoms with Crippen molar-refractivity contribution in [3.05, 3.63) is 28.2 Å². The molecule has 1 aromatic carbocycles. The van der Waals surface area contributed by atoms with Crippen LogP contribution in [0.15, 0.2) is 27.6 Å². The van der Waals surface area contributed by atoms with Crippen LogP contribution in [0.25, 0.3) is 0 Å². The summed E-state index contributed by atoms with van der Waals surface area (Å²) in [4.78, 5) is 10.5. The molecule has 84 valence electrons. The zero-order valence-electron chi connectivity index (χ0n) is 7.84. The molecule has 16 heavy (non-hydrogen) atoms. The van der Waals surface area contributed by atoms with Gasteiger partial charge in [0.15, 0.2) is 9.84 Å². The molecular weight excluding hydrogens is 298 g/mol. The first-order valence-corrected chi connectivity index (χ1v) is 6.45. The molecule has 0 amide bonds. The highest BCUT2D eigenvalue weighted by Crippen LogP contribution is 2.24. The highest BCUT2D eigenvalue weighted by atomic mass is 79.9. The third-order valence-electron chi connectivity index (χ3n) is 1.77. The number of rotatable bonds is 3. The van der Waals surface area contributed by atoms with Crippen LogP contribution in [0.4, 0.5) is 0 Å². The van der Waals surface area contributed by atoms with Gasteiger partial charge >= 0.3 is 5.97 Å². The molecule has 0 saturated heterocycles. The lowest BCUT2D eigenvalue weighted by atomic mass is 10.2.